The molecule has 0 saturated carbocycles. The second kappa shape index (κ2) is 6.81. The molecule has 1 aromatic carbocycles. The molecule has 0 heterocycles. The van der Waals surface area contributed by atoms with E-state index in [4.69, 9.17) is 4.74 Å². The summed E-state index contributed by atoms with van der Waals surface area (Å²) in [7, 11) is 1.45. The van der Waals surface area contributed by atoms with Gasteiger partial charge in [-0.2, -0.15) is 0 Å². The number of hydrogen-bond donors (Lipinski definition) is 2. The predicted molar refractivity (Wildman–Crippen MR) is 69.5 cm³/mol. The Labute approximate surface area is 110 Å². The molecule has 104 valence electrons. The fourth-order valence-corrected chi connectivity index (χ4v) is 1.53. The van der Waals surface area contributed by atoms with Crippen LogP contribution >= 0.6 is 0 Å². The molecule has 0 saturated heterocycles. The molecular formula is C12H16N2O5. The van der Waals surface area contributed by atoms with Crippen molar-refractivity contribution in [3.05, 3.63) is 33.9 Å². The highest BCUT2D eigenvalue weighted by Gasteiger charge is 2.16. The molecule has 1 unspecified atom stereocenters. The molecule has 0 aliphatic rings. The number of benzene rings is 1. The molecule has 0 aliphatic heterocycles. The molecule has 1 rings (SSSR count). The van der Waals surface area contributed by atoms with Gasteiger partial charge in [-0.1, -0.05) is 0 Å². The van der Waals surface area contributed by atoms with E-state index in [1.165, 1.54) is 32.2 Å². The summed E-state index contributed by atoms with van der Waals surface area (Å²) < 4.78 is 4.75. The lowest BCUT2D eigenvalue weighted by Crippen LogP contribution is -2.24. The molecule has 0 amide bonds. The van der Waals surface area contributed by atoms with Crippen molar-refractivity contribution < 1.29 is 19.6 Å². The van der Waals surface area contributed by atoms with Crippen LogP contribution in [0.1, 0.15) is 17.3 Å². The van der Waals surface area contributed by atoms with E-state index in [9.17, 15) is 20.0 Å². The first-order chi connectivity index (χ1) is 8.95. The number of aliphatic hydroxyl groups excluding tert-OH is 1. The minimum atomic E-state index is -0.767. The Hall–Kier alpha value is -1.99. The summed E-state index contributed by atoms with van der Waals surface area (Å²) in [6.07, 6.45) is -0.767. The van der Waals surface area contributed by atoms with E-state index < -0.39 is 11.0 Å². The minimum absolute atomic E-state index is 0.119. The highest BCUT2D eigenvalue weighted by Crippen LogP contribution is 2.25. The Bertz CT molecular complexity index is 475. The molecule has 7 heteroatoms. The van der Waals surface area contributed by atoms with Crippen molar-refractivity contribution in [1.82, 2.24) is 0 Å². The van der Waals surface area contributed by atoms with Crippen LogP contribution in [0.5, 0.6) is 0 Å². The first-order valence-corrected chi connectivity index (χ1v) is 5.66. The van der Waals surface area contributed by atoms with E-state index in [-0.39, 0.29) is 35.9 Å². The number of Topliss-reactive ketones (excluding diaryl/α,β-unsaturated/α-hetero) is 1. The Morgan fingerprint density at radius 2 is 2.26 bits per heavy atom. The van der Waals surface area contributed by atoms with Crippen molar-refractivity contribution in [3.8, 4) is 0 Å². The highest BCUT2D eigenvalue weighted by atomic mass is 16.6. The first kappa shape index (κ1) is 15.1. The van der Waals surface area contributed by atoms with Crippen molar-refractivity contribution in [1.29, 1.82) is 0 Å². The van der Waals surface area contributed by atoms with Gasteiger partial charge in [-0.3, -0.25) is 14.9 Å². The number of carbonyl (C=O) groups excluding carboxylic acids is 1. The summed E-state index contributed by atoms with van der Waals surface area (Å²) in [5, 5.41) is 23.2. The third-order valence-corrected chi connectivity index (χ3v) is 2.49. The number of nitrogens with one attached hydrogen (secondary N) is 1. The zero-order chi connectivity index (χ0) is 14.4. The van der Waals surface area contributed by atoms with Crippen LogP contribution < -0.4 is 5.32 Å². The molecule has 0 spiro atoms. The summed E-state index contributed by atoms with van der Waals surface area (Å²) >= 11 is 0. The van der Waals surface area contributed by atoms with Crippen LogP contribution in [0.25, 0.3) is 0 Å². The molecule has 7 nitrogen and oxygen atoms in total. The molecule has 1 atom stereocenters. The normalized spacial score (nSPS) is 11.9. The lowest BCUT2D eigenvalue weighted by Gasteiger charge is -2.12. The summed E-state index contributed by atoms with van der Waals surface area (Å²) in [4.78, 5) is 21.5. The van der Waals surface area contributed by atoms with Gasteiger partial charge in [0.25, 0.3) is 5.69 Å². The maximum Gasteiger partial charge on any atom is 0.293 e. The average molecular weight is 268 g/mol. The number of ketones is 1. The highest BCUT2D eigenvalue weighted by molar-refractivity contribution is 5.95. The smallest absolute Gasteiger partial charge is 0.293 e. The van der Waals surface area contributed by atoms with Crippen LogP contribution in [-0.2, 0) is 4.74 Å². The van der Waals surface area contributed by atoms with Gasteiger partial charge >= 0.3 is 0 Å². The number of carbonyl (C=O) groups is 1. The largest absolute Gasteiger partial charge is 0.389 e. The third kappa shape index (κ3) is 4.31. The van der Waals surface area contributed by atoms with Gasteiger partial charge in [0.2, 0.25) is 0 Å². The Kier molecular flexibility index (Phi) is 5.40. The maximum atomic E-state index is 11.2. The van der Waals surface area contributed by atoms with E-state index >= 15 is 0 Å². The van der Waals surface area contributed by atoms with Crippen LogP contribution in [0.2, 0.25) is 0 Å². The van der Waals surface area contributed by atoms with Crippen LogP contribution in [0, 0.1) is 10.1 Å². The van der Waals surface area contributed by atoms with Crippen molar-refractivity contribution in [2.75, 3.05) is 25.6 Å². The molecule has 0 bridgehead atoms. The van der Waals surface area contributed by atoms with Gasteiger partial charge in [0.1, 0.15) is 5.69 Å². The molecule has 2 N–H and O–H groups in total. The number of rotatable bonds is 7. The zero-order valence-electron chi connectivity index (χ0n) is 10.8. The van der Waals surface area contributed by atoms with Crippen LogP contribution in [0.4, 0.5) is 11.4 Å². The molecule has 0 aromatic heterocycles. The molecular weight excluding hydrogens is 252 g/mol. The number of aliphatic hydroxyl groups is 1. The maximum absolute atomic E-state index is 11.2. The topological polar surface area (TPSA) is 102 Å². The monoisotopic (exact) mass is 268 g/mol. The van der Waals surface area contributed by atoms with Crippen LogP contribution in [0.3, 0.4) is 0 Å². The van der Waals surface area contributed by atoms with Crippen molar-refractivity contribution in [2.45, 2.75) is 13.0 Å². The van der Waals surface area contributed by atoms with Crippen molar-refractivity contribution in [3.63, 3.8) is 0 Å². The molecule has 0 aliphatic carbocycles. The van der Waals surface area contributed by atoms with Gasteiger partial charge in [-0.25, -0.2) is 0 Å². The SMILES string of the molecule is COCC(O)CNc1ccc(C(C)=O)cc1[N+](=O)[O-]. The summed E-state index contributed by atoms with van der Waals surface area (Å²) in [6.45, 7) is 1.59. The number of nitrogens with zero attached hydrogens (tertiary/aromatic N) is 1. The van der Waals surface area contributed by atoms with Gasteiger partial charge < -0.3 is 15.2 Å². The average Bonchev–Trinajstić information content (AvgIpc) is 2.36. The lowest BCUT2D eigenvalue weighted by molar-refractivity contribution is -0.384. The fourth-order valence-electron chi connectivity index (χ4n) is 1.53. The van der Waals surface area contributed by atoms with Crippen LogP contribution in [0.15, 0.2) is 18.2 Å². The van der Waals surface area contributed by atoms with Gasteiger partial charge in [0.15, 0.2) is 5.78 Å². The summed E-state index contributed by atoms with van der Waals surface area (Å²) in [5.74, 6) is -0.242. The fraction of sp³-hybridized carbons (Fsp3) is 0.417. The van der Waals surface area contributed by atoms with Crippen LogP contribution in [-0.4, -0.2) is 42.2 Å². The summed E-state index contributed by atoms with van der Waals surface area (Å²) in [5.41, 5.74) is 0.331. The van der Waals surface area contributed by atoms with Crippen molar-refractivity contribution in [2.24, 2.45) is 0 Å². The lowest BCUT2D eigenvalue weighted by atomic mass is 10.1. The van der Waals surface area contributed by atoms with Crippen molar-refractivity contribution >= 4 is 17.2 Å². The van der Waals surface area contributed by atoms with E-state index in [1.807, 2.05) is 0 Å². The first-order valence-electron chi connectivity index (χ1n) is 5.66. The molecule has 0 fully saturated rings. The molecule has 1 aromatic rings. The Morgan fingerprint density at radius 3 is 2.79 bits per heavy atom. The van der Waals surface area contributed by atoms with Gasteiger partial charge in [-0.05, 0) is 19.1 Å². The quantitative estimate of drug-likeness (QED) is 0.438. The molecule has 0 radical (unpaired) electrons. The number of nitro benzene ring substituents is 1. The predicted octanol–water partition coefficient (Wildman–Crippen LogP) is 1.22. The standard InChI is InChI=1S/C12H16N2O5/c1-8(15)9-3-4-11(12(5-9)14(17)18)13-6-10(16)7-19-2/h3-5,10,13,16H,6-7H2,1-2H3. The molecule has 19 heavy (non-hydrogen) atoms. The second-order valence-electron chi connectivity index (χ2n) is 4.04. The Morgan fingerprint density at radius 1 is 1.58 bits per heavy atom. The van der Waals surface area contributed by atoms with E-state index in [2.05, 4.69) is 5.32 Å². The second-order valence-corrected chi connectivity index (χ2v) is 4.04. The van der Waals surface area contributed by atoms with E-state index in [0.29, 0.717) is 0 Å². The third-order valence-electron chi connectivity index (χ3n) is 2.49. The number of nitro groups is 1. The van der Waals surface area contributed by atoms with Gasteiger partial charge in [-0.15, -0.1) is 0 Å². The minimum Gasteiger partial charge on any atom is -0.389 e. The van der Waals surface area contributed by atoms with Gasteiger partial charge in [0.05, 0.1) is 17.6 Å². The number of ether oxygens (including phenoxy) is 1. The van der Waals surface area contributed by atoms with E-state index in [1.54, 1.807) is 0 Å². The number of methoxy groups -OCH3 is 1. The van der Waals surface area contributed by atoms with E-state index in [0.717, 1.165) is 0 Å². The number of hydrogen-bond acceptors (Lipinski definition) is 6. The summed E-state index contributed by atoms with van der Waals surface area (Å²) in [6, 6.07) is 4.17. The Balaban J connectivity index is 2.88. The zero-order valence-corrected chi connectivity index (χ0v) is 10.8. The van der Waals surface area contributed by atoms with Gasteiger partial charge in [0, 0.05) is 25.3 Å². The number of anilines is 1.